The van der Waals surface area contributed by atoms with Crippen molar-refractivity contribution in [3.8, 4) is 5.75 Å². The van der Waals surface area contributed by atoms with Crippen LogP contribution in [0.5, 0.6) is 5.75 Å². The summed E-state index contributed by atoms with van der Waals surface area (Å²) >= 11 is 6.24. The molecule has 0 saturated heterocycles. The Bertz CT molecular complexity index is 381. The fourth-order valence-electron chi connectivity index (χ4n) is 0.828. The van der Waals surface area contributed by atoms with Crippen molar-refractivity contribution in [2.45, 2.75) is 0 Å². The standard InChI is InChI=1S/C8H5Br2NO3/c9-6-3-5(1-2-11(13)14)4-7(10)8(6)12/h1-4,12H/b2-1+. The maximum Gasteiger partial charge on any atom is 0.235 e. The molecule has 1 N–H and O–H groups in total. The molecular weight excluding hydrogens is 318 g/mol. The minimum Gasteiger partial charge on any atom is -0.506 e. The summed E-state index contributed by atoms with van der Waals surface area (Å²) in [5.41, 5.74) is 0.623. The number of hydrogen-bond acceptors (Lipinski definition) is 3. The lowest BCUT2D eigenvalue weighted by atomic mass is 10.2. The second-order valence-corrected chi connectivity index (χ2v) is 4.14. The summed E-state index contributed by atoms with van der Waals surface area (Å²) in [6.45, 7) is 0. The second kappa shape index (κ2) is 4.56. The summed E-state index contributed by atoms with van der Waals surface area (Å²) in [7, 11) is 0. The minimum absolute atomic E-state index is 0.0725. The minimum atomic E-state index is -0.547. The van der Waals surface area contributed by atoms with E-state index in [1.54, 1.807) is 12.1 Å². The Morgan fingerprint density at radius 1 is 1.36 bits per heavy atom. The first-order valence-corrected chi connectivity index (χ1v) is 5.09. The van der Waals surface area contributed by atoms with E-state index >= 15 is 0 Å². The molecule has 14 heavy (non-hydrogen) atoms. The molecule has 0 atom stereocenters. The van der Waals surface area contributed by atoms with Crippen molar-refractivity contribution in [3.63, 3.8) is 0 Å². The van der Waals surface area contributed by atoms with E-state index in [1.807, 2.05) is 0 Å². The first-order valence-electron chi connectivity index (χ1n) is 3.50. The van der Waals surface area contributed by atoms with E-state index in [-0.39, 0.29) is 5.75 Å². The molecule has 1 aromatic carbocycles. The van der Waals surface area contributed by atoms with Crippen LogP contribution in [0.15, 0.2) is 27.3 Å². The Morgan fingerprint density at radius 2 is 1.86 bits per heavy atom. The number of nitro groups is 1. The van der Waals surface area contributed by atoms with Crippen LogP contribution in [0.4, 0.5) is 0 Å². The van der Waals surface area contributed by atoms with Crippen molar-refractivity contribution in [2.24, 2.45) is 0 Å². The van der Waals surface area contributed by atoms with Gasteiger partial charge in [-0.15, -0.1) is 0 Å². The molecule has 0 fully saturated rings. The van der Waals surface area contributed by atoms with Crippen LogP contribution in [0.2, 0.25) is 0 Å². The van der Waals surface area contributed by atoms with E-state index in [0.717, 1.165) is 6.20 Å². The third-order valence-corrected chi connectivity index (χ3v) is 2.64. The van der Waals surface area contributed by atoms with Gasteiger partial charge in [-0.25, -0.2) is 0 Å². The first-order chi connectivity index (χ1) is 6.50. The SMILES string of the molecule is O=[N+]([O-])/C=C/c1cc(Br)c(O)c(Br)c1. The fraction of sp³-hybridized carbons (Fsp3) is 0. The smallest absolute Gasteiger partial charge is 0.235 e. The molecule has 4 nitrogen and oxygen atoms in total. The van der Waals surface area contributed by atoms with Crippen molar-refractivity contribution in [1.29, 1.82) is 0 Å². The molecule has 0 spiro atoms. The maximum atomic E-state index is 10.1. The predicted molar refractivity (Wildman–Crippen MR) is 59.5 cm³/mol. The number of benzene rings is 1. The fourth-order valence-corrected chi connectivity index (χ4v) is 2.05. The van der Waals surface area contributed by atoms with Crippen molar-refractivity contribution < 1.29 is 10.0 Å². The van der Waals surface area contributed by atoms with Gasteiger partial charge in [0.25, 0.3) is 0 Å². The monoisotopic (exact) mass is 321 g/mol. The third-order valence-electron chi connectivity index (χ3n) is 1.43. The van der Waals surface area contributed by atoms with E-state index in [9.17, 15) is 15.2 Å². The lowest BCUT2D eigenvalue weighted by molar-refractivity contribution is -0.400. The van der Waals surface area contributed by atoms with Crippen LogP contribution in [-0.2, 0) is 0 Å². The molecule has 0 aliphatic heterocycles. The van der Waals surface area contributed by atoms with Gasteiger partial charge in [0, 0.05) is 6.08 Å². The lowest BCUT2D eigenvalue weighted by Crippen LogP contribution is -1.83. The second-order valence-electron chi connectivity index (χ2n) is 2.43. The number of phenols is 1. The maximum absolute atomic E-state index is 10.1. The zero-order chi connectivity index (χ0) is 10.7. The first kappa shape index (κ1) is 11.2. The molecule has 74 valence electrons. The van der Waals surface area contributed by atoms with Crippen molar-refractivity contribution in [3.05, 3.63) is 43.0 Å². The van der Waals surface area contributed by atoms with Crippen LogP contribution in [0.3, 0.4) is 0 Å². The Balaban J connectivity index is 3.07. The lowest BCUT2D eigenvalue weighted by Gasteiger charge is -2.01. The van der Waals surface area contributed by atoms with Crippen molar-refractivity contribution in [2.75, 3.05) is 0 Å². The van der Waals surface area contributed by atoms with Crippen LogP contribution < -0.4 is 0 Å². The number of phenolic OH excluding ortho intramolecular Hbond substituents is 1. The Hall–Kier alpha value is -0.880. The number of hydrogen-bond donors (Lipinski definition) is 1. The number of nitrogens with zero attached hydrogens (tertiary/aromatic N) is 1. The molecule has 0 unspecified atom stereocenters. The summed E-state index contributed by atoms with van der Waals surface area (Å²) in [4.78, 5) is 9.51. The molecule has 0 bridgehead atoms. The summed E-state index contributed by atoms with van der Waals surface area (Å²) < 4.78 is 0.963. The summed E-state index contributed by atoms with van der Waals surface area (Å²) in [5, 5.41) is 19.4. The quantitative estimate of drug-likeness (QED) is 0.672. The molecule has 6 heteroatoms. The molecule has 0 aliphatic rings. The topological polar surface area (TPSA) is 63.4 Å². The van der Waals surface area contributed by atoms with E-state index in [1.165, 1.54) is 6.08 Å². The normalized spacial score (nSPS) is 10.7. The molecule has 1 aromatic rings. The van der Waals surface area contributed by atoms with Gasteiger partial charge in [-0.05, 0) is 49.6 Å². The highest BCUT2D eigenvalue weighted by Gasteiger charge is 2.04. The molecule has 0 saturated carbocycles. The predicted octanol–water partition coefficient (Wildman–Crippen LogP) is 3.16. The molecule has 1 rings (SSSR count). The van der Waals surface area contributed by atoms with Crippen LogP contribution in [0.1, 0.15) is 5.56 Å². The summed E-state index contributed by atoms with van der Waals surface area (Å²) in [5.74, 6) is 0.0725. The van der Waals surface area contributed by atoms with Gasteiger partial charge in [0.05, 0.1) is 13.9 Å². The van der Waals surface area contributed by atoms with E-state index in [2.05, 4.69) is 31.9 Å². The van der Waals surface area contributed by atoms with Crippen LogP contribution >= 0.6 is 31.9 Å². The summed E-state index contributed by atoms with van der Waals surface area (Å²) in [6, 6.07) is 3.17. The zero-order valence-electron chi connectivity index (χ0n) is 6.78. The van der Waals surface area contributed by atoms with E-state index in [4.69, 9.17) is 0 Å². The number of aromatic hydroxyl groups is 1. The van der Waals surface area contributed by atoms with Crippen LogP contribution in [-0.4, -0.2) is 10.0 Å². The van der Waals surface area contributed by atoms with Crippen molar-refractivity contribution >= 4 is 37.9 Å². The largest absolute Gasteiger partial charge is 0.506 e. The Labute approximate surface area is 96.7 Å². The highest BCUT2D eigenvalue weighted by molar-refractivity contribution is 9.11. The third kappa shape index (κ3) is 2.81. The Morgan fingerprint density at radius 3 is 2.29 bits per heavy atom. The Kier molecular flexibility index (Phi) is 3.65. The molecule has 0 amide bonds. The number of rotatable bonds is 2. The van der Waals surface area contributed by atoms with Crippen molar-refractivity contribution in [1.82, 2.24) is 0 Å². The van der Waals surface area contributed by atoms with Gasteiger partial charge in [-0.1, -0.05) is 0 Å². The van der Waals surface area contributed by atoms with Gasteiger partial charge < -0.3 is 5.11 Å². The molecular formula is C8H5Br2NO3. The van der Waals surface area contributed by atoms with E-state index < -0.39 is 4.92 Å². The van der Waals surface area contributed by atoms with Gasteiger partial charge in [-0.3, -0.25) is 10.1 Å². The average molecular weight is 323 g/mol. The average Bonchev–Trinajstić information content (AvgIpc) is 2.10. The zero-order valence-corrected chi connectivity index (χ0v) is 9.95. The van der Waals surface area contributed by atoms with Gasteiger partial charge in [0.2, 0.25) is 6.20 Å². The van der Waals surface area contributed by atoms with Gasteiger partial charge in [0.15, 0.2) is 0 Å². The van der Waals surface area contributed by atoms with Crippen LogP contribution in [0, 0.1) is 10.1 Å². The highest BCUT2D eigenvalue weighted by atomic mass is 79.9. The van der Waals surface area contributed by atoms with E-state index in [0.29, 0.717) is 14.5 Å². The summed E-state index contributed by atoms with van der Waals surface area (Å²) in [6.07, 6.45) is 2.18. The number of halogens is 2. The molecule has 0 radical (unpaired) electrons. The van der Waals surface area contributed by atoms with Gasteiger partial charge in [0.1, 0.15) is 5.75 Å². The van der Waals surface area contributed by atoms with Gasteiger partial charge in [-0.2, -0.15) is 0 Å². The molecule has 0 aliphatic carbocycles. The molecule has 0 heterocycles. The van der Waals surface area contributed by atoms with Gasteiger partial charge >= 0.3 is 0 Å². The molecule has 0 aromatic heterocycles. The van der Waals surface area contributed by atoms with Crippen LogP contribution in [0.25, 0.3) is 6.08 Å². The highest BCUT2D eigenvalue weighted by Crippen LogP contribution is 2.33.